The van der Waals surface area contributed by atoms with Gasteiger partial charge in [-0.3, -0.25) is 4.79 Å². The molecule has 0 aliphatic heterocycles. The van der Waals surface area contributed by atoms with E-state index in [9.17, 15) is 9.59 Å². The van der Waals surface area contributed by atoms with Crippen LogP contribution in [0.5, 0.6) is 0 Å². The number of hydrogen-bond donors (Lipinski definition) is 2. The van der Waals surface area contributed by atoms with E-state index < -0.39 is 23.5 Å². The van der Waals surface area contributed by atoms with Crippen LogP contribution in [-0.4, -0.2) is 48.9 Å². The van der Waals surface area contributed by atoms with E-state index in [4.69, 9.17) is 14.6 Å². The Balaban J connectivity index is 2.32. The van der Waals surface area contributed by atoms with Gasteiger partial charge in [-0.1, -0.05) is 0 Å². The van der Waals surface area contributed by atoms with Gasteiger partial charge in [0, 0.05) is 7.11 Å². The number of rotatable bonds is 7. The Bertz CT molecular complexity index is 274. The highest BCUT2D eigenvalue weighted by Crippen LogP contribution is 2.35. The van der Waals surface area contributed by atoms with Crippen LogP contribution in [0.4, 0.5) is 0 Å². The summed E-state index contributed by atoms with van der Waals surface area (Å²) in [5, 5.41) is 11.4. The van der Waals surface area contributed by atoms with Crippen LogP contribution in [0.3, 0.4) is 0 Å². The smallest absolute Gasteiger partial charge is 0.329 e. The van der Waals surface area contributed by atoms with Crippen molar-refractivity contribution in [2.75, 3.05) is 20.3 Å². The van der Waals surface area contributed by atoms with Gasteiger partial charge in [0.05, 0.1) is 13.2 Å². The molecule has 1 rings (SSSR count). The number of nitrogens with one attached hydrogen (secondary N) is 1. The lowest BCUT2D eigenvalue weighted by atomic mass is 10.2. The Kier molecular flexibility index (Phi) is 4.26. The summed E-state index contributed by atoms with van der Waals surface area (Å²) in [6, 6.07) is 0. The first-order valence-corrected chi connectivity index (χ1v) is 5.18. The van der Waals surface area contributed by atoms with Gasteiger partial charge in [0.2, 0.25) is 5.91 Å². The number of hydrogen-bond acceptors (Lipinski definition) is 4. The first kappa shape index (κ1) is 12.9. The van der Waals surface area contributed by atoms with E-state index in [1.54, 1.807) is 6.92 Å². The summed E-state index contributed by atoms with van der Waals surface area (Å²) in [5.41, 5.74) is -1.05. The van der Waals surface area contributed by atoms with Crippen LogP contribution in [0.25, 0.3) is 0 Å². The lowest BCUT2D eigenvalue weighted by Gasteiger charge is -2.17. The Morgan fingerprint density at radius 3 is 2.50 bits per heavy atom. The topological polar surface area (TPSA) is 84.9 Å². The predicted octanol–water partition coefficient (Wildman–Crippen LogP) is -0.229. The van der Waals surface area contributed by atoms with E-state index in [1.807, 2.05) is 0 Å². The standard InChI is InChI=1S/C10H17NO5/c1-7(16-6-5-15-2)8(12)11-10(3-4-10)9(13)14/h7H,3-6H2,1-2H3,(H,11,12)(H,13,14). The molecule has 0 aromatic heterocycles. The summed E-state index contributed by atoms with van der Waals surface area (Å²) >= 11 is 0. The van der Waals surface area contributed by atoms with Crippen molar-refractivity contribution in [1.82, 2.24) is 5.32 Å². The molecular formula is C10H17NO5. The highest BCUT2D eigenvalue weighted by molar-refractivity contribution is 5.91. The van der Waals surface area contributed by atoms with E-state index >= 15 is 0 Å². The number of carbonyl (C=O) groups excluding carboxylic acids is 1. The van der Waals surface area contributed by atoms with Crippen LogP contribution in [-0.2, 0) is 19.1 Å². The second-order valence-corrected chi connectivity index (χ2v) is 3.88. The van der Waals surface area contributed by atoms with Crippen molar-refractivity contribution in [2.24, 2.45) is 0 Å². The van der Waals surface area contributed by atoms with Gasteiger partial charge in [0.25, 0.3) is 0 Å². The minimum absolute atomic E-state index is 0.311. The van der Waals surface area contributed by atoms with Gasteiger partial charge in [-0.15, -0.1) is 0 Å². The fourth-order valence-corrected chi connectivity index (χ4v) is 1.24. The maximum absolute atomic E-state index is 11.6. The fraction of sp³-hybridized carbons (Fsp3) is 0.800. The molecule has 1 fully saturated rings. The Hall–Kier alpha value is -1.14. The van der Waals surface area contributed by atoms with Crippen LogP contribution >= 0.6 is 0 Å². The van der Waals surface area contributed by atoms with Gasteiger partial charge < -0.3 is 19.9 Å². The van der Waals surface area contributed by atoms with E-state index in [-0.39, 0.29) is 0 Å². The van der Waals surface area contributed by atoms with Gasteiger partial charge in [0.1, 0.15) is 11.6 Å². The van der Waals surface area contributed by atoms with Crippen molar-refractivity contribution < 1.29 is 24.2 Å². The van der Waals surface area contributed by atoms with Gasteiger partial charge in [-0.05, 0) is 19.8 Å². The quantitative estimate of drug-likeness (QED) is 0.591. The van der Waals surface area contributed by atoms with Crippen LogP contribution in [0.15, 0.2) is 0 Å². The molecule has 6 heteroatoms. The highest BCUT2D eigenvalue weighted by Gasteiger charge is 2.52. The molecule has 2 N–H and O–H groups in total. The summed E-state index contributed by atoms with van der Waals surface area (Å²) in [6.45, 7) is 2.30. The Morgan fingerprint density at radius 1 is 1.44 bits per heavy atom. The van der Waals surface area contributed by atoms with Crippen molar-refractivity contribution in [1.29, 1.82) is 0 Å². The zero-order valence-electron chi connectivity index (χ0n) is 9.49. The Morgan fingerprint density at radius 2 is 2.06 bits per heavy atom. The van der Waals surface area contributed by atoms with Crippen LogP contribution in [0, 0.1) is 0 Å². The summed E-state index contributed by atoms with van der Waals surface area (Å²) in [5.74, 6) is -1.37. The van der Waals surface area contributed by atoms with Crippen LogP contribution in [0.1, 0.15) is 19.8 Å². The van der Waals surface area contributed by atoms with Crippen molar-refractivity contribution in [3.05, 3.63) is 0 Å². The monoisotopic (exact) mass is 231 g/mol. The van der Waals surface area contributed by atoms with Crippen LogP contribution < -0.4 is 5.32 Å². The van der Waals surface area contributed by atoms with Gasteiger partial charge in [-0.2, -0.15) is 0 Å². The number of carboxylic acids is 1. The number of aliphatic carboxylic acids is 1. The molecule has 0 bridgehead atoms. The molecule has 1 aliphatic rings. The second-order valence-electron chi connectivity index (χ2n) is 3.88. The van der Waals surface area contributed by atoms with E-state index in [2.05, 4.69) is 5.32 Å². The minimum Gasteiger partial charge on any atom is -0.480 e. The second kappa shape index (κ2) is 5.27. The molecule has 0 spiro atoms. The molecule has 1 aliphatic carbocycles. The van der Waals surface area contributed by atoms with Crippen LogP contribution in [0.2, 0.25) is 0 Å². The molecule has 6 nitrogen and oxygen atoms in total. The predicted molar refractivity (Wildman–Crippen MR) is 55.0 cm³/mol. The van der Waals surface area contributed by atoms with Crippen molar-refractivity contribution in [2.45, 2.75) is 31.4 Å². The van der Waals surface area contributed by atoms with Gasteiger partial charge in [0.15, 0.2) is 0 Å². The molecule has 0 aromatic carbocycles. The molecule has 0 saturated heterocycles. The maximum Gasteiger partial charge on any atom is 0.329 e. The molecule has 1 amide bonds. The third kappa shape index (κ3) is 3.18. The Labute approximate surface area is 93.9 Å². The molecule has 0 radical (unpaired) electrons. The lowest BCUT2D eigenvalue weighted by molar-refractivity contribution is -0.145. The number of amides is 1. The third-order valence-electron chi connectivity index (χ3n) is 2.55. The molecular weight excluding hydrogens is 214 g/mol. The molecule has 16 heavy (non-hydrogen) atoms. The summed E-state index contributed by atoms with van der Waals surface area (Å²) in [6.07, 6.45) is 0.310. The molecule has 0 heterocycles. The normalized spacial score (nSPS) is 18.9. The highest BCUT2D eigenvalue weighted by atomic mass is 16.5. The largest absolute Gasteiger partial charge is 0.480 e. The van der Waals surface area contributed by atoms with Crippen molar-refractivity contribution >= 4 is 11.9 Å². The zero-order valence-corrected chi connectivity index (χ0v) is 9.49. The van der Waals surface area contributed by atoms with E-state index in [1.165, 1.54) is 7.11 Å². The molecule has 1 unspecified atom stereocenters. The van der Waals surface area contributed by atoms with Crippen molar-refractivity contribution in [3.8, 4) is 0 Å². The first-order chi connectivity index (χ1) is 7.52. The number of methoxy groups -OCH3 is 1. The van der Waals surface area contributed by atoms with Gasteiger partial charge >= 0.3 is 5.97 Å². The third-order valence-corrected chi connectivity index (χ3v) is 2.55. The SMILES string of the molecule is COCCOC(C)C(=O)NC1(C(=O)O)CC1. The number of carboxylic acid groups (broad SMARTS) is 1. The first-order valence-electron chi connectivity index (χ1n) is 5.18. The minimum atomic E-state index is -1.05. The number of ether oxygens (including phenoxy) is 2. The molecule has 1 atom stereocenters. The molecule has 92 valence electrons. The van der Waals surface area contributed by atoms with E-state index in [0.717, 1.165) is 0 Å². The molecule has 0 aromatic rings. The fourth-order valence-electron chi connectivity index (χ4n) is 1.24. The van der Waals surface area contributed by atoms with Gasteiger partial charge in [-0.25, -0.2) is 4.79 Å². The maximum atomic E-state index is 11.6. The summed E-state index contributed by atoms with van der Waals surface area (Å²) < 4.78 is 9.94. The average molecular weight is 231 g/mol. The van der Waals surface area contributed by atoms with E-state index in [0.29, 0.717) is 26.1 Å². The summed E-state index contributed by atoms with van der Waals surface area (Å²) in [7, 11) is 1.54. The summed E-state index contributed by atoms with van der Waals surface area (Å²) in [4.78, 5) is 22.4. The molecule has 1 saturated carbocycles. The lowest BCUT2D eigenvalue weighted by Crippen LogP contribution is -2.47. The number of carbonyl (C=O) groups is 2. The zero-order chi connectivity index (χ0) is 12.2. The average Bonchev–Trinajstić information content (AvgIpc) is 2.99. The van der Waals surface area contributed by atoms with Crippen molar-refractivity contribution in [3.63, 3.8) is 0 Å².